The molecular formula is C29H37N5O. The Morgan fingerprint density at radius 3 is 2.74 bits per heavy atom. The van der Waals surface area contributed by atoms with Gasteiger partial charge in [0.15, 0.2) is 0 Å². The second-order valence-corrected chi connectivity index (χ2v) is 10.6. The van der Waals surface area contributed by atoms with Crippen LogP contribution in [0.2, 0.25) is 0 Å². The van der Waals surface area contributed by atoms with Gasteiger partial charge in [-0.3, -0.25) is 19.7 Å². The number of rotatable bonds is 7. The van der Waals surface area contributed by atoms with Crippen molar-refractivity contribution in [3.63, 3.8) is 0 Å². The minimum absolute atomic E-state index is 0.261. The number of piperidine rings is 2. The van der Waals surface area contributed by atoms with Crippen LogP contribution >= 0.6 is 0 Å². The summed E-state index contributed by atoms with van der Waals surface area (Å²) in [6.07, 6.45) is 15.3. The lowest BCUT2D eigenvalue weighted by Crippen LogP contribution is -2.54. The highest BCUT2D eigenvalue weighted by atomic mass is 16.2. The van der Waals surface area contributed by atoms with E-state index in [9.17, 15) is 4.79 Å². The van der Waals surface area contributed by atoms with Crippen LogP contribution in [-0.2, 0) is 17.6 Å². The van der Waals surface area contributed by atoms with Crippen molar-refractivity contribution in [1.82, 2.24) is 24.8 Å². The molecule has 0 spiro atoms. The molecule has 0 radical (unpaired) electrons. The average Bonchev–Trinajstić information content (AvgIpc) is 2.90. The van der Waals surface area contributed by atoms with Crippen molar-refractivity contribution in [2.24, 2.45) is 11.3 Å². The van der Waals surface area contributed by atoms with Crippen molar-refractivity contribution in [2.45, 2.75) is 51.4 Å². The first kappa shape index (κ1) is 23.9. The van der Waals surface area contributed by atoms with Crippen LogP contribution in [0.3, 0.4) is 0 Å². The van der Waals surface area contributed by atoms with E-state index in [1.807, 2.05) is 18.5 Å². The number of pyridine rings is 1. The zero-order valence-corrected chi connectivity index (χ0v) is 20.9. The Morgan fingerprint density at radius 1 is 1.06 bits per heavy atom. The second kappa shape index (κ2) is 10.8. The molecule has 184 valence electrons. The largest absolute Gasteiger partial charge is 0.342 e. The van der Waals surface area contributed by atoms with E-state index in [1.165, 1.54) is 10.9 Å². The normalized spacial score (nSPS) is 21.9. The molecule has 6 nitrogen and oxygen atoms in total. The van der Waals surface area contributed by atoms with Crippen LogP contribution in [0.1, 0.15) is 49.8 Å². The lowest BCUT2D eigenvalue weighted by molar-refractivity contribution is -0.147. The summed E-state index contributed by atoms with van der Waals surface area (Å²) in [6.45, 7) is 3.71. The van der Waals surface area contributed by atoms with Gasteiger partial charge in [-0.2, -0.15) is 0 Å². The zero-order valence-electron chi connectivity index (χ0n) is 20.9. The van der Waals surface area contributed by atoms with Crippen LogP contribution in [0.25, 0.3) is 10.9 Å². The minimum Gasteiger partial charge on any atom is -0.342 e. The van der Waals surface area contributed by atoms with Crippen LogP contribution in [0.4, 0.5) is 0 Å². The fourth-order valence-corrected chi connectivity index (χ4v) is 6.25. The summed E-state index contributed by atoms with van der Waals surface area (Å²) in [7, 11) is 2.16. The first-order chi connectivity index (χ1) is 17.1. The van der Waals surface area contributed by atoms with E-state index in [2.05, 4.69) is 56.1 Å². The predicted octanol–water partition coefficient (Wildman–Crippen LogP) is 4.54. The Balaban J connectivity index is 1.21. The highest BCUT2D eigenvalue weighted by Crippen LogP contribution is 2.38. The number of fused-ring (bicyclic) bond motifs is 1. The first-order valence-electron chi connectivity index (χ1n) is 13.2. The van der Waals surface area contributed by atoms with Gasteiger partial charge in [-0.25, -0.2) is 0 Å². The Bertz CT molecular complexity index is 1120. The lowest BCUT2D eigenvalue weighted by Gasteiger charge is -2.45. The molecule has 1 unspecified atom stereocenters. The van der Waals surface area contributed by atoms with E-state index in [1.54, 1.807) is 12.4 Å². The molecule has 35 heavy (non-hydrogen) atoms. The van der Waals surface area contributed by atoms with Crippen LogP contribution < -0.4 is 0 Å². The minimum atomic E-state index is -0.261. The molecule has 2 aromatic heterocycles. The highest BCUT2D eigenvalue weighted by molar-refractivity contribution is 5.83. The molecule has 0 N–H and O–H groups in total. The summed E-state index contributed by atoms with van der Waals surface area (Å²) in [5.41, 5.74) is 3.21. The molecule has 6 heteroatoms. The summed E-state index contributed by atoms with van der Waals surface area (Å²) >= 11 is 0. The summed E-state index contributed by atoms with van der Waals surface area (Å²) in [5.74, 6) is 1.00. The zero-order chi connectivity index (χ0) is 24.1. The quantitative estimate of drug-likeness (QED) is 0.506. The Morgan fingerprint density at radius 2 is 1.94 bits per heavy atom. The van der Waals surface area contributed by atoms with E-state index in [4.69, 9.17) is 0 Å². The van der Waals surface area contributed by atoms with Gasteiger partial charge in [0.25, 0.3) is 0 Å². The van der Waals surface area contributed by atoms with Gasteiger partial charge in [0.05, 0.1) is 16.6 Å². The molecule has 0 saturated carbocycles. The number of amides is 1. The maximum Gasteiger partial charge on any atom is 0.230 e. The third-order valence-corrected chi connectivity index (χ3v) is 8.07. The van der Waals surface area contributed by atoms with Gasteiger partial charge in [-0.15, -0.1) is 0 Å². The van der Waals surface area contributed by atoms with Gasteiger partial charge >= 0.3 is 0 Å². The fourth-order valence-electron chi connectivity index (χ4n) is 6.25. The summed E-state index contributed by atoms with van der Waals surface area (Å²) in [4.78, 5) is 31.6. The van der Waals surface area contributed by atoms with Gasteiger partial charge in [-0.05, 0) is 88.6 Å². The van der Waals surface area contributed by atoms with Crippen molar-refractivity contribution in [1.29, 1.82) is 0 Å². The Labute approximate surface area is 208 Å². The van der Waals surface area contributed by atoms with E-state index < -0.39 is 0 Å². The molecule has 5 rings (SSSR count). The first-order valence-corrected chi connectivity index (χ1v) is 13.2. The molecular weight excluding hydrogens is 434 g/mol. The summed E-state index contributed by atoms with van der Waals surface area (Å²) in [5, 5.41) is 1.26. The predicted molar refractivity (Wildman–Crippen MR) is 139 cm³/mol. The third kappa shape index (κ3) is 5.53. The number of carbonyl (C=O) groups excluding carboxylic acids is 1. The van der Waals surface area contributed by atoms with Crippen molar-refractivity contribution in [3.05, 3.63) is 66.4 Å². The second-order valence-electron chi connectivity index (χ2n) is 10.6. The van der Waals surface area contributed by atoms with Gasteiger partial charge in [-0.1, -0.05) is 18.2 Å². The number of hydrogen-bond donors (Lipinski definition) is 0. The number of benzene rings is 1. The molecule has 2 aliphatic heterocycles. The van der Waals surface area contributed by atoms with Crippen LogP contribution in [-0.4, -0.2) is 63.9 Å². The van der Waals surface area contributed by atoms with Gasteiger partial charge in [0, 0.05) is 49.8 Å². The Hall–Kier alpha value is -2.86. The van der Waals surface area contributed by atoms with Crippen LogP contribution in [0.5, 0.6) is 0 Å². The standard InChI is InChI=1S/C29H37N5O/c1-33-17-5-13-29(22-33,12-3-7-25-21-30-15-16-31-25)28(35)34-18-10-23(11-19-34)20-24-6-2-9-27-26(24)8-4-14-32-27/h2,4,6,8-9,14-16,21,23H,3,5,7,10-13,17-20,22H2,1H3. The molecule has 1 aromatic carbocycles. The third-order valence-electron chi connectivity index (χ3n) is 8.07. The molecule has 3 aromatic rings. The monoisotopic (exact) mass is 471 g/mol. The molecule has 0 aliphatic carbocycles. The summed E-state index contributed by atoms with van der Waals surface area (Å²) < 4.78 is 0. The van der Waals surface area contributed by atoms with E-state index in [0.717, 1.165) is 88.8 Å². The average molecular weight is 472 g/mol. The van der Waals surface area contributed by atoms with Crippen molar-refractivity contribution >= 4 is 16.8 Å². The molecule has 2 saturated heterocycles. The van der Waals surface area contributed by atoms with Gasteiger partial charge < -0.3 is 9.80 Å². The molecule has 1 atom stereocenters. The molecule has 0 bridgehead atoms. The van der Waals surface area contributed by atoms with Crippen molar-refractivity contribution < 1.29 is 4.79 Å². The van der Waals surface area contributed by atoms with E-state index >= 15 is 0 Å². The Kier molecular flexibility index (Phi) is 7.37. The van der Waals surface area contributed by atoms with Crippen molar-refractivity contribution in [2.75, 3.05) is 33.2 Å². The van der Waals surface area contributed by atoms with E-state index in [0.29, 0.717) is 11.8 Å². The lowest BCUT2D eigenvalue weighted by atomic mass is 9.74. The van der Waals surface area contributed by atoms with Gasteiger partial charge in [0.2, 0.25) is 5.91 Å². The number of carbonyl (C=O) groups is 1. The highest BCUT2D eigenvalue weighted by Gasteiger charge is 2.43. The fraction of sp³-hybridized carbons (Fsp3) is 0.517. The van der Waals surface area contributed by atoms with Gasteiger partial charge in [0.1, 0.15) is 0 Å². The van der Waals surface area contributed by atoms with Crippen molar-refractivity contribution in [3.8, 4) is 0 Å². The van der Waals surface area contributed by atoms with Crippen LogP contribution in [0, 0.1) is 11.3 Å². The van der Waals surface area contributed by atoms with E-state index in [-0.39, 0.29) is 5.41 Å². The number of likely N-dealkylation sites (tertiary alicyclic amines) is 2. The molecule has 1 amide bonds. The number of aromatic nitrogens is 3. The van der Waals surface area contributed by atoms with Crippen LogP contribution in [0.15, 0.2) is 55.1 Å². The summed E-state index contributed by atoms with van der Waals surface area (Å²) in [6, 6.07) is 10.7. The number of nitrogens with zero attached hydrogens (tertiary/aromatic N) is 5. The topological polar surface area (TPSA) is 62.2 Å². The maximum atomic E-state index is 14.0. The SMILES string of the molecule is CN1CCCC(CCCc2cnccn2)(C(=O)N2CCC(Cc3cccc4ncccc34)CC2)C1. The maximum absolute atomic E-state index is 14.0. The molecule has 4 heterocycles. The number of aryl methyl sites for hydroxylation is 1. The number of hydrogen-bond acceptors (Lipinski definition) is 5. The molecule has 2 fully saturated rings. The smallest absolute Gasteiger partial charge is 0.230 e. The molecule has 2 aliphatic rings.